The van der Waals surface area contributed by atoms with Gasteiger partial charge in [0.25, 0.3) is 0 Å². The average molecular weight is 346 g/mol. The molecule has 24 heavy (non-hydrogen) atoms. The first-order valence-corrected chi connectivity index (χ1v) is 9.62. The lowest BCUT2D eigenvalue weighted by Gasteiger charge is -2.14. The van der Waals surface area contributed by atoms with Crippen molar-refractivity contribution in [2.75, 3.05) is 0 Å². The number of aryl methyl sites for hydroxylation is 1. The fraction of sp³-hybridized carbons (Fsp3) is 0.389. The van der Waals surface area contributed by atoms with Crippen molar-refractivity contribution >= 4 is 10.0 Å². The molecule has 0 amide bonds. The molecule has 1 aromatic carbocycles. The van der Waals surface area contributed by atoms with Crippen molar-refractivity contribution in [2.45, 2.75) is 44.9 Å². The van der Waals surface area contributed by atoms with Crippen molar-refractivity contribution in [2.24, 2.45) is 0 Å². The number of rotatable bonds is 5. The van der Waals surface area contributed by atoms with Crippen molar-refractivity contribution in [3.63, 3.8) is 0 Å². The first kappa shape index (κ1) is 16.9. The minimum absolute atomic E-state index is 0.0808. The van der Waals surface area contributed by atoms with E-state index in [-0.39, 0.29) is 6.04 Å². The van der Waals surface area contributed by atoms with E-state index in [4.69, 9.17) is 4.74 Å². The highest BCUT2D eigenvalue weighted by molar-refractivity contribution is 7.90. The Labute approximate surface area is 143 Å². The van der Waals surface area contributed by atoms with Gasteiger partial charge in [0.15, 0.2) is 0 Å². The van der Waals surface area contributed by atoms with Crippen LogP contribution in [-0.2, 0) is 22.9 Å². The highest BCUT2D eigenvalue weighted by Crippen LogP contribution is 2.30. The Bertz CT molecular complexity index is 847. The highest BCUT2D eigenvalue weighted by Gasteiger charge is 2.27. The predicted molar refractivity (Wildman–Crippen MR) is 93.9 cm³/mol. The fourth-order valence-electron chi connectivity index (χ4n) is 2.81. The molecule has 0 spiro atoms. The van der Waals surface area contributed by atoms with Gasteiger partial charge < -0.3 is 4.74 Å². The lowest BCUT2D eigenvalue weighted by Crippen LogP contribution is -2.39. The number of nitrogens with one attached hydrogen (secondary N) is 1. The summed E-state index contributed by atoms with van der Waals surface area (Å²) >= 11 is 0. The topological polar surface area (TPSA) is 68.3 Å². The van der Waals surface area contributed by atoms with Crippen molar-refractivity contribution in [3.8, 4) is 11.5 Å². The zero-order chi connectivity index (χ0) is 17.3. The number of hydrogen-bond donors (Lipinski definition) is 1. The van der Waals surface area contributed by atoms with Crippen LogP contribution in [0, 0.1) is 6.92 Å². The summed E-state index contributed by atoms with van der Waals surface area (Å²) in [5.74, 6) is 1.48. The first-order valence-electron chi connectivity index (χ1n) is 8.07. The average Bonchev–Trinajstić information content (AvgIpc) is 2.90. The van der Waals surface area contributed by atoms with E-state index in [1.165, 1.54) is 5.56 Å². The van der Waals surface area contributed by atoms with Crippen LogP contribution in [0.25, 0.3) is 0 Å². The Morgan fingerprint density at radius 1 is 1.21 bits per heavy atom. The summed E-state index contributed by atoms with van der Waals surface area (Å²) in [5, 5.41) is -0.423. The summed E-state index contributed by atoms with van der Waals surface area (Å²) in [5.41, 5.74) is 3.13. The number of fused-ring (bicyclic) bond motifs is 1. The van der Waals surface area contributed by atoms with Gasteiger partial charge in [0.1, 0.15) is 11.5 Å². The van der Waals surface area contributed by atoms with Gasteiger partial charge in [-0.25, -0.2) is 13.1 Å². The number of ether oxygens (including phenoxy) is 1. The van der Waals surface area contributed by atoms with Crippen LogP contribution in [0.3, 0.4) is 0 Å². The van der Waals surface area contributed by atoms with Crippen molar-refractivity contribution in [1.29, 1.82) is 0 Å². The highest BCUT2D eigenvalue weighted by atomic mass is 32.2. The Morgan fingerprint density at radius 3 is 2.67 bits per heavy atom. The van der Waals surface area contributed by atoms with E-state index in [1.54, 1.807) is 20.0 Å². The van der Waals surface area contributed by atoms with Gasteiger partial charge in [0.2, 0.25) is 10.0 Å². The zero-order valence-corrected chi connectivity index (χ0v) is 14.9. The summed E-state index contributed by atoms with van der Waals surface area (Å²) in [6, 6.07) is 9.57. The largest absolute Gasteiger partial charge is 0.455 e. The van der Waals surface area contributed by atoms with Gasteiger partial charge in [-0.05, 0) is 69.0 Å². The van der Waals surface area contributed by atoms with Crippen LogP contribution in [0.15, 0.2) is 36.5 Å². The van der Waals surface area contributed by atoms with E-state index in [0.717, 1.165) is 22.8 Å². The summed E-state index contributed by atoms with van der Waals surface area (Å²) in [4.78, 5) is 4.21. The molecular weight excluding hydrogens is 324 g/mol. The maximum Gasteiger partial charge on any atom is 0.214 e. The van der Waals surface area contributed by atoms with Gasteiger partial charge in [0.05, 0.1) is 10.9 Å². The van der Waals surface area contributed by atoms with Gasteiger partial charge in [-0.15, -0.1) is 0 Å². The molecular formula is C18H22N2O3S. The summed E-state index contributed by atoms with van der Waals surface area (Å²) in [6.45, 7) is 5.28. The van der Waals surface area contributed by atoms with Gasteiger partial charge in [-0.2, -0.15) is 0 Å². The van der Waals surface area contributed by atoms with Gasteiger partial charge in [-0.3, -0.25) is 4.98 Å². The number of nitrogens with zero attached hydrogens (tertiary/aromatic N) is 1. The molecule has 6 heteroatoms. The lowest BCUT2D eigenvalue weighted by molar-refractivity contribution is 0.475. The Hall–Kier alpha value is -1.92. The van der Waals surface area contributed by atoms with Crippen molar-refractivity contribution < 1.29 is 13.2 Å². The van der Waals surface area contributed by atoms with Crippen molar-refractivity contribution in [1.82, 2.24) is 9.71 Å². The molecule has 1 aromatic heterocycles. The molecule has 0 saturated carbocycles. The van der Waals surface area contributed by atoms with Gasteiger partial charge in [-0.1, -0.05) is 6.07 Å². The van der Waals surface area contributed by atoms with E-state index in [9.17, 15) is 8.42 Å². The number of sulfonamides is 1. The Balaban J connectivity index is 1.74. The predicted octanol–water partition coefficient (Wildman–Crippen LogP) is 2.98. The Kier molecular flexibility index (Phi) is 4.60. The number of hydrogen-bond acceptors (Lipinski definition) is 4. The molecule has 0 fully saturated rings. The Morgan fingerprint density at radius 2 is 1.96 bits per heavy atom. The number of benzene rings is 1. The smallest absolute Gasteiger partial charge is 0.214 e. The third kappa shape index (κ3) is 3.60. The molecule has 1 heterocycles. The monoisotopic (exact) mass is 346 g/mol. The summed E-state index contributed by atoms with van der Waals surface area (Å²) in [6.07, 6.45) is 3.13. The van der Waals surface area contributed by atoms with Crippen LogP contribution < -0.4 is 9.46 Å². The molecule has 5 nitrogen and oxygen atoms in total. The van der Waals surface area contributed by atoms with Crippen molar-refractivity contribution in [3.05, 3.63) is 53.3 Å². The number of aromatic nitrogens is 1. The standard InChI is InChI=1S/C18H22N2O3S/c1-12(2)24(21,22)20-16-9-14-6-7-17(11-15(14)10-16)23-18-5-4-8-19-13(18)3/h4-8,11-12,16,20H,9-10H2,1-3H3/t16-/m0/s1. The first-order chi connectivity index (χ1) is 11.3. The molecule has 128 valence electrons. The molecule has 3 rings (SSSR count). The van der Waals surface area contributed by atoms with Crippen LogP contribution in [0.4, 0.5) is 0 Å². The number of pyridine rings is 1. The maximum absolute atomic E-state index is 12.0. The molecule has 1 aliphatic carbocycles. The van der Waals surface area contributed by atoms with Crippen LogP contribution in [-0.4, -0.2) is 24.7 Å². The molecule has 1 aliphatic rings. The SMILES string of the molecule is Cc1ncccc1Oc1ccc2c(c1)C[C@@H](NS(=O)(=O)C(C)C)C2. The third-order valence-corrected chi connectivity index (χ3v) is 6.15. The molecule has 0 aliphatic heterocycles. The molecule has 0 saturated heterocycles. The fourth-order valence-corrected chi connectivity index (χ4v) is 3.72. The third-order valence-electron chi connectivity index (χ3n) is 4.25. The van der Waals surface area contributed by atoms with E-state index >= 15 is 0 Å². The second-order valence-electron chi connectivity index (χ2n) is 6.44. The van der Waals surface area contributed by atoms with E-state index in [0.29, 0.717) is 12.8 Å². The lowest BCUT2D eigenvalue weighted by atomic mass is 10.1. The van der Waals surface area contributed by atoms with E-state index in [2.05, 4.69) is 9.71 Å². The van der Waals surface area contributed by atoms with Crippen LogP contribution in [0.1, 0.15) is 30.7 Å². The minimum atomic E-state index is -3.25. The van der Waals surface area contributed by atoms with Crippen LogP contribution in [0.2, 0.25) is 0 Å². The van der Waals surface area contributed by atoms with E-state index in [1.807, 2.05) is 37.3 Å². The quantitative estimate of drug-likeness (QED) is 0.904. The van der Waals surface area contributed by atoms with Crippen LogP contribution >= 0.6 is 0 Å². The molecule has 2 aromatic rings. The molecule has 1 atom stereocenters. The van der Waals surface area contributed by atoms with Gasteiger partial charge >= 0.3 is 0 Å². The second-order valence-corrected chi connectivity index (χ2v) is 8.70. The molecule has 0 radical (unpaired) electrons. The second kappa shape index (κ2) is 6.53. The molecule has 0 bridgehead atoms. The van der Waals surface area contributed by atoms with E-state index < -0.39 is 15.3 Å². The maximum atomic E-state index is 12.0. The normalized spacial score (nSPS) is 17.1. The minimum Gasteiger partial charge on any atom is -0.455 e. The summed E-state index contributed by atoms with van der Waals surface area (Å²) < 4.78 is 32.8. The zero-order valence-electron chi connectivity index (χ0n) is 14.1. The molecule has 0 unspecified atom stereocenters. The molecule has 1 N–H and O–H groups in total. The van der Waals surface area contributed by atoms with Crippen LogP contribution in [0.5, 0.6) is 11.5 Å². The van der Waals surface area contributed by atoms with Gasteiger partial charge in [0, 0.05) is 12.2 Å². The summed E-state index contributed by atoms with van der Waals surface area (Å²) in [7, 11) is -3.25.